The van der Waals surface area contributed by atoms with E-state index < -0.39 is 5.82 Å². The maximum Gasteiger partial charge on any atom is 0.274 e. The van der Waals surface area contributed by atoms with Gasteiger partial charge in [0.25, 0.3) is 5.91 Å². The Bertz CT molecular complexity index is 1010. The van der Waals surface area contributed by atoms with E-state index >= 15 is 0 Å². The molecular weight excluding hydrogens is 381 g/mol. The number of aromatic nitrogens is 3. The molecule has 0 aromatic carbocycles. The Balaban J connectivity index is 1.63. The number of thiophene rings is 1. The molecule has 4 rings (SSSR count). The van der Waals surface area contributed by atoms with E-state index in [0.717, 1.165) is 17.3 Å². The molecule has 1 amide bonds. The average molecular weight is 401 g/mol. The topological polar surface area (TPSA) is 91.2 Å². The van der Waals surface area contributed by atoms with Crippen molar-refractivity contribution in [1.29, 1.82) is 0 Å². The largest absolute Gasteiger partial charge is 0.396 e. The number of carbonyl (C=O) groups excluding carboxylic acids is 1. The van der Waals surface area contributed by atoms with Crippen LogP contribution in [0.5, 0.6) is 0 Å². The zero-order chi connectivity index (χ0) is 19.7. The maximum atomic E-state index is 13.4. The first-order valence-corrected chi connectivity index (χ1v) is 9.95. The Morgan fingerprint density at radius 2 is 2.32 bits per heavy atom. The van der Waals surface area contributed by atoms with E-state index in [1.807, 2.05) is 18.4 Å². The number of amides is 1. The summed E-state index contributed by atoms with van der Waals surface area (Å²) >= 11 is 1.42. The summed E-state index contributed by atoms with van der Waals surface area (Å²) in [5.74, 6) is -0.149. The van der Waals surface area contributed by atoms with E-state index in [2.05, 4.69) is 20.3 Å². The van der Waals surface area contributed by atoms with E-state index in [0.29, 0.717) is 35.8 Å². The van der Waals surface area contributed by atoms with Gasteiger partial charge >= 0.3 is 0 Å². The summed E-state index contributed by atoms with van der Waals surface area (Å²) in [6.07, 6.45) is 3.52. The predicted octanol–water partition coefficient (Wildman–Crippen LogP) is 2.85. The van der Waals surface area contributed by atoms with Crippen molar-refractivity contribution in [1.82, 2.24) is 19.9 Å². The summed E-state index contributed by atoms with van der Waals surface area (Å²) in [5.41, 5.74) is 1.70. The van der Waals surface area contributed by atoms with E-state index in [4.69, 9.17) is 0 Å². The van der Waals surface area contributed by atoms with Gasteiger partial charge in [-0.25, -0.2) is 14.4 Å². The number of aliphatic hydroxyl groups is 1. The average Bonchev–Trinajstić information content (AvgIpc) is 3.36. The molecule has 0 unspecified atom stereocenters. The first-order chi connectivity index (χ1) is 13.5. The number of nitrogens with zero attached hydrogens (tertiary/aromatic N) is 4. The lowest BCUT2D eigenvalue weighted by Gasteiger charge is -2.18. The number of aliphatic hydroxyl groups excluding tert-OH is 1. The van der Waals surface area contributed by atoms with Gasteiger partial charge in [0.15, 0.2) is 5.69 Å². The molecule has 9 heteroatoms. The molecule has 28 heavy (non-hydrogen) atoms. The van der Waals surface area contributed by atoms with Crippen molar-refractivity contribution in [2.75, 3.05) is 25.0 Å². The second kappa shape index (κ2) is 7.76. The highest BCUT2D eigenvalue weighted by Crippen LogP contribution is 2.28. The summed E-state index contributed by atoms with van der Waals surface area (Å²) in [5, 5.41) is 14.4. The van der Waals surface area contributed by atoms with Crippen LogP contribution in [0, 0.1) is 11.7 Å². The van der Waals surface area contributed by atoms with Crippen LogP contribution in [0.4, 0.5) is 10.3 Å². The van der Waals surface area contributed by atoms with Crippen LogP contribution < -0.4 is 5.32 Å². The molecule has 0 saturated carbocycles. The van der Waals surface area contributed by atoms with E-state index in [1.165, 1.54) is 17.4 Å². The first kappa shape index (κ1) is 18.7. The van der Waals surface area contributed by atoms with Crippen LogP contribution in [0.15, 0.2) is 29.9 Å². The van der Waals surface area contributed by atoms with Crippen LogP contribution in [-0.4, -0.2) is 50.6 Å². The minimum absolute atomic E-state index is 0.0773. The van der Waals surface area contributed by atoms with E-state index in [9.17, 15) is 14.3 Å². The molecule has 2 atom stereocenters. The summed E-state index contributed by atoms with van der Waals surface area (Å²) in [6.45, 7) is 3.06. The minimum atomic E-state index is -0.413. The predicted molar refractivity (Wildman–Crippen MR) is 105 cm³/mol. The van der Waals surface area contributed by atoms with Crippen LogP contribution >= 0.6 is 11.3 Å². The summed E-state index contributed by atoms with van der Waals surface area (Å²) in [7, 11) is 0. The number of pyridine rings is 1. The number of fused-ring (bicyclic) bond motifs is 1. The Morgan fingerprint density at radius 1 is 1.46 bits per heavy atom. The normalized spacial score (nSPS) is 17.8. The lowest BCUT2D eigenvalue weighted by atomic mass is 10.1. The monoisotopic (exact) mass is 401 g/mol. The third kappa shape index (κ3) is 3.67. The van der Waals surface area contributed by atoms with Gasteiger partial charge in [-0.3, -0.25) is 9.78 Å². The molecule has 1 saturated heterocycles. The zero-order valence-corrected chi connectivity index (χ0v) is 16.1. The SMILES string of the molecule is C[C@H](Nc1nc(C(=O)N2CC[C@H](CO)C2)c2sccc2n1)c1cncc(F)c1. The fourth-order valence-electron chi connectivity index (χ4n) is 3.33. The van der Waals surface area contributed by atoms with Gasteiger partial charge < -0.3 is 15.3 Å². The maximum absolute atomic E-state index is 13.4. The second-order valence-electron chi connectivity index (χ2n) is 6.92. The van der Waals surface area contributed by atoms with Crippen LogP contribution in [0.3, 0.4) is 0 Å². The molecule has 0 bridgehead atoms. The highest BCUT2D eigenvalue weighted by molar-refractivity contribution is 7.17. The number of hydrogen-bond donors (Lipinski definition) is 2. The lowest BCUT2D eigenvalue weighted by molar-refractivity contribution is 0.0778. The van der Waals surface area contributed by atoms with Crippen LogP contribution in [0.1, 0.15) is 35.4 Å². The molecule has 2 N–H and O–H groups in total. The molecule has 1 fully saturated rings. The Kier molecular flexibility index (Phi) is 5.19. The molecule has 3 aromatic heterocycles. The molecule has 3 aromatic rings. The number of nitrogens with one attached hydrogen (secondary N) is 1. The van der Waals surface area contributed by atoms with Crippen molar-refractivity contribution in [2.45, 2.75) is 19.4 Å². The first-order valence-electron chi connectivity index (χ1n) is 9.07. The van der Waals surface area contributed by atoms with Crippen molar-refractivity contribution >= 4 is 33.4 Å². The van der Waals surface area contributed by atoms with Crippen molar-refractivity contribution in [2.24, 2.45) is 5.92 Å². The number of hydrogen-bond acceptors (Lipinski definition) is 7. The van der Waals surface area contributed by atoms with Crippen molar-refractivity contribution in [3.8, 4) is 0 Å². The third-order valence-electron chi connectivity index (χ3n) is 4.91. The molecule has 7 nitrogen and oxygen atoms in total. The Morgan fingerprint density at radius 3 is 3.07 bits per heavy atom. The van der Waals surface area contributed by atoms with Crippen molar-refractivity contribution in [3.05, 3.63) is 47.0 Å². The van der Waals surface area contributed by atoms with Gasteiger partial charge in [0, 0.05) is 31.8 Å². The number of likely N-dealkylation sites (tertiary alicyclic amines) is 1. The van der Waals surface area contributed by atoms with Crippen LogP contribution in [0.2, 0.25) is 0 Å². The summed E-state index contributed by atoms with van der Waals surface area (Å²) < 4.78 is 14.2. The highest BCUT2D eigenvalue weighted by Gasteiger charge is 2.29. The Hall–Kier alpha value is -2.65. The lowest BCUT2D eigenvalue weighted by Crippen LogP contribution is -2.30. The number of rotatable bonds is 5. The molecule has 4 heterocycles. The van der Waals surface area contributed by atoms with Crippen molar-refractivity contribution in [3.63, 3.8) is 0 Å². The van der Waals surface area contributed by atoms with Gasteiger partial charge in [0.05, 0.1) is 22.5 Å². The van der Waals surface area contributed by atoms with Gasteiger partial charge in [-0.05, 0) is 36.4 Å². The van der Waals surface area contributed by atoms with Gasteiger partial charge in [0.2, 0.25) is 5.95 Å². The minimum Gasteiger partial charge on any atom is -0.396 e. The van der Waals surface area contributed by atoms with Gasteiger partial charge in [-0.2, -0.15) is 0 Å². The van der Waals surface area contributed by atoms with Gasteiger partial charge in [-0.15, -0.1) is 11.3 Å². The van der Waals surface area contributed by atoms with E-state index in [-0.39, 0.29) is 24.5 Å². The Labute approximate surface area is 165 Å². The van der Waals surface area contributed by atoms with Crippen molar-refractivity contribution < 1.29 is 14.3 Å². The van der Waals surface area contributed by atoms with Crippen LogP contribution in [-0.2, 0) is 0 Å². The third-order valence-corrected chi connectivity index (χ3v) is 5.82. The molecule has 1 aliphatic rings. The molecule has 0 aliphatic carbocycles. The quantitative estimate of drug-likeness (QED) is 0.683. The highest BCUT2D eigenvalue weighted by atomic mass is 32.1. The summed E-state index contributed by atoms with van der Waals surface area (Å²) in [6, 6.07) is 2.96. The van der Waals surface area contributed by atoms with Gasteiger partial charge in [-0.1, -0.05) is 0 Å². The van der Waals surface area contributed by atoms with E-state index in [1.54, 1.807) is 11.1 Å². The standard InChI is InChI=1S/C19H20FN5O2S/c1-11(13-6-14(20)8-21-7-13)22-19-23-15-3-5-28-17(15)16(24-19)18(27)25-4-2-12(9-25)10-26/h3,5-8,11-12,26H,2,4,9-10H2,1H3,(H,22,23,24)/t11-,12-/m0/s1. The molecule has 0 spiro atoms. The zero-order valence-electron chi connectivity index (χ0n) is 15.3. The molecular formula is C19H20FN5O2S. The summed E-state index contributed by atoms with van der Waals surface area (Å²) in [4.78, 5) is 27.6. The molecule has 0 radical (unpaired) electrons. The van der Waals surface area contributed by atoms with Crippen LogP contribution in [0.25, 0.3) is 10.2 Å². The van der Waals surface area contributed by atoms with Gasteiger partial charge in [0.1, 0.15) is 5.82 Å². The number of anilines is 1. The number of halogens is 1. The number of carbonyl (C=O) groups is 1. The molecule has 1 aliphatic heterocycles. The fourth-order valence-corrected chi connectivity index (χ4v) is 4.14. The second-order valence-corrected chi connectivity index (χ2v) is 7.84. The fraction of sp³-hybridized carbons (Fsp3) is 0.368. The molecule has 146 valence electrons. The smallest absolute Gasteiger partial charge is 0.274 e.